The van der Waals surface area contributed by atoms with Crippen LogP contribution in [0.15, 0.2) is 18.2 Å². The summed E-state index contributed by atoms with van der Waals surface area (Å²) >= 11 is 0. The molecule has 1 aromatic rings. The van der Waals surface area contributed by atoms with Crippen LogP contribution in [0, 0.1) is 13.8 Å². The van der Waals surface area contributed by atoms with Crippen LogP contribution < -0.4 is 10.1 Å². The van der Waals surface area contributed by atoms with Gasteiger partial charge in [-0.2, -0.15) is 0 Å². The van der Waals surface area contributed by atoms with Gasteiger partial charge in [-0.15, -0.1) is 0 Å². The summed E-state index contributed by atoms with van der Waals surface area (Å²) in [7, 11) is 0. The van der Waals surface area contributed by atoms with Crippen LogP contribution in [-0.2, 0) is 0 Å². The summed E-state index contributed by atoms with van der Waals surface area (Å²) in [5.41, 5.74) is 2.32. The zero-order valence-electron chi connectivity index (χ0n) is 11.2. The highest BCUT2D eigenvalue weighted by atomic mass is 16.5. The second-order valence-electron chi connectivity index (χ2n) is 4.80. The lowest BCUT2D eigenvalue weighted by molar-refractivity contribution is 0.104. The molecule has 96 valence electrons. The summed E-state index contributed by atoms with van der Waals surface area (Å²) in [6, 6.07) is 6.42. The molecule has 3 nitrogen and oxygen atoms in total. The predicted octanol–water partition coefficient (Wildman–Crippen LogP) is 2.04. The molecule has 0 saturated heterocycles. The molecule has 1 rings (SSSR count). The third-order valence-corrected chi connectivity index (χ3v) is 2.52. The third kappa shape index (κ3) is 5.20. The Morgan fingerprint density at radius 3 is 2.59 bits per heavy atom. The van der Waals surface area contributed by atoms with E-state index in [4.69, 9.17) is 4.74 Å². The molecule has 0 aliphatic rings. The fourth-order valence-electron chi connectivity index (χ4n) is 1.58. The van der Waals surface area contributed by atoms with Crippen molar-refractivity contribution in [1.82, 2.24) is 5.32 Å². The Labute approximate surface area is 104 Å². The quantitative estimate of drug-likeness (QED) is 0.795. The molecule has 0 aliphatic heterocycles. The van der Waals surface area contributed by atoms with E-state index in [0.717, 1.165) is 11.3 Å². The summed E-state index contributed by atoms with van der Waals surface area (Å²) in [6.45, 7) is 9.06. The lowest BCUT2D eigenvalue weighted by atomic mass is 10.1. The molecular weight excluding hydrogens is 214 g/mol. The van der Waals surface area contributed by atoms with Gasteiger partial charge >= 0.3 is 0 Å². The molecule has 0 radical (unpaired) electrons. The molecule has 0 bridgehead atoms. The highest BCUT2D eigenvalue weighted by Crippen LogP contribution is 2.18. The molecule has 17 heavy (non-hydrogen) atoms. The van der Waals surface area contributed by atoms with E-state index in [9.17, 15) is 5.11 Å². The number of aliphatic hydroxyl groups is 1. The van der Waals surface area contributed by atoms with E-state index in [0.29, 0.717) is 19.2 Å². The van der Waals surface area contributed by atoms with E-state index >= 15 is 0 Å². The van der Waals surface area contributed by atoms with Crippen LogP contribution >= 0.6 is 0 Å². The van der Waals surface area contributed by atoms with Gasteiger partial charge in [0.05, 0.1) is 0 Å². The Hall–Kier alpha value is -1.06. The lowest BCUT2D eigenvalue weighted by Crippen LogP contribution is -2.35. The number of benzene rings is 1. The molecule has 1 unspecified atom stereocenters. The van der Waals surface area contributed by atoms with Crippen molar-refractivity contribution in [3.05, 3.63) is 29.3 Å². The zero-order chi connectivity index (χ0) is 12.8. The summed E-state index contributed by atoms with van der Waals surface area (Å²) in [6.07, 6.45) is -0.474. The highest BCUT2D eigenvalue weighted by molar-refractivity contribution is 5.35. The largest absolute Gasteiger partial charge is 0.491 e. The van der Waals surface area contributed by atoms with Crippen LogP contribution in [0.4, 0.5) is 0 Å². The molecule has 0 heterocycles. The number of nitrogens with one attached hydrogen (secondary N) is 1. The van der Waals surface area contributed by atoms with Gasteiger partial charge in [-0.3, -0.25) is 0 Å². The molecular formula is C14H23NO2. The predicted molar refractivity (Wildman–Crippen MR) is 70.6 cm³/mol. The number of hydrogen-bond donors (Lipinski definition) is 2. The molecule has 2 N–H and O–H groups in total. The molecule has 1 atom stereocenters. The average molecular weight is 237 g/mol. The standard InChI is InChI=1S/C14H23NO2/c1-10(2)15-8-13(16)9-17-14-6-5-11(3)7-12(14)4/h5-7,10,13,15-16H,8-9H2,1-4H3. The first-order valence-electron chi connectivity index (χ1n) is 6.10. The fraction of sp³-hybridized carbons (Fsp3) is 0.571. The molecule has 0 aromatic heterocycles. The van der Waals surface area contributed by atoms with Crippen molar-refractivity contribution in [1.29, 1.82) is 0 Å². The van der Waals surface area contributed by atoms with Crippen LogP contribution in [0.1, 0.15) is 25.0 Å². The fourth-order valence-corrected chi connectivity index (χ4v) is 1.58. The normalized spacial score (nSPS) is 12.8. The summed E-state index contributed by atoms with van der Waals surface area (Å²) in [5, 5.41) is 12.9. The summed E-state index contributed by atoms with van der Waals surface area (Å²) < 4.78 is 5.60. The van der Waals surface area contributed by atoms with Crippen LogP contribution in [0.2, 0.25) is 0 Å². The smallest absolute Gasteiger partial charge is 0.122 e. The Balaban J connectivity index is 2.39. The zero-order valence-corrected chi connectivity index (χ0v) is 11.2. The van der Waals surface area contributed by atoms with E-state index in [1.807, 2.05) is 19.1 Å². The minimum Gasteiger partial charge on any atom is -0.491 e. The molecule has 0 fully saturated rings. The number of rotatable bonds is 6. The van der Waals surface area contributed by atoms with E-state index in [-0.39, 0.29) is 0 Å². The van der Waals surface area contributed by atoms with E-state index in [2.05, 4.69) is 32.2 Å². The van der Waals surface area contributed by atoms with Gasteiger partial charge in [0.1, 0.15) is 18.5 Å². The van der Waals surface area contributed by atoms with Crippen LogP contribution in [-0.4, -0.2) is 30.4 Å². The first kappa shape index (κ1) is 14.0. The van der Waals surface area contributed by atoms with Crippen molar-refractivity contribution in [2.24, 2.45) is 0 Å². The van der Waals surface area contributed by atoms with Crippen molar-refractivity contribution in [3.63, 3.8) is 0 Å². The van der Waals surface area contributed by atoms with Crippen molar-refractivity contribution >= 4 is 0 Å². The second-order valence-corrected chi connectivity index (χ2v) is 4.80. The van der Waals surface area contributed by atoms with Gasteiger partial charge in [0.25, 0.3) is 0 Å². The Morgan fingerprint density at radius 1 is 1.29 bits per heavy atom. The molecule has 0 spiro atoms. The van der Waals surface area contributed by atoms with Crippen LogP contribution in [0.3, 0.4) is 0 Å². The van der Waals surface area contributed by atoms with Gasteiger partial charge in [-0.1, -0.05) is 31.5 Å². The van der Waals surface area contributed by atoms with Gasteiger partial charge in [0.15, 0.2) is 0 Å². The van der Waals surface area contributed by atoms with Crippen molar-refractivity contribution < 1.29 is 9.84 Å². The molecule has 0 saturated carbocycles. The van der Waals surface area contributed by atoms with Gasteiger partial charge in [0, 0.05) is 12.6 Å². The number of ether oxygens (including phenoxy) is 1. The van der Waals surface area contributed by atoms with Crippen LogP contribution in [0.5, 0.6) is 5.75 Å². The summed E-state index contributed by atoms with van der Waals surface area (Å²) in [4.78, 5) is 0. The first-order chi connectivity index (χ1) is 7.99. The maximum absolute atomic E-state index is 9.72. The Morgan fingerprint density at radius 2 is 2.00 bits per heavy atom. The Kier molecular flexibility index (Phi) is 5.45. The maximum atomic E-state index is 9.72. The Bertz CT molecular complexity index is 350. The van der Waals surface area contributed by atoms with E-state index in [1.54, 1.807) is 0 Å². The van der Waals surface area contributed by atoms with E-state index < -0.39 is 6.10 Å². The molecule has 0 amide bonds. The molecule has 1 aromatic carbocycles. The SMILES string of the molecule is Cc1ccc(OCC(O)CNC(C)C)c(C)c1. The lowest BCUT2D eigenvalue weighted by Gasteiger charge is -2.16. The average Bonchev–Trinajstić information content (AvgIpc) is 2.25. The van der Waals surface area contributed by atoms with Crippen molar-refractivity contribution in [2.45, 2.75) is 39.8 Å². The third-order valence-electron chi connectivity index (χ3n) is 2.52. The summed E-state index contributed by atoms with van der Waals surface area (Å²) in [5.74, 6) is 0.846. The van der Waals surface area contributed by atoms with Gasteiger partial charge in [0.2, 0.25) is 0 Å². The number of hydrogen-bond acceptors (Lipinski definition) is 3. The minimum absolute atomic E-state index is 0.323. The first-order valence-corrected chi connectivity index (χ1v) is 6.10. The topological polar surface area (TPSA) is 41.5 Å². The second kappa shape index (κ2) is 6.62. The molecule has 0 aliphatic carbocycles. The monoisotopic (exact) mass is 237 g/mol. The maximum Gasteiger partial charge on any atom is 0.122 e. The van der Waals surface area contributed by atoms with Gasteiger partial charge < -0.3 is 15.2 Å². The number of aliphatic hydroxyl groups excluding tert-OH is 1. The van der Waals surface area contributed by atoms with E-state index in [1.165, 1.54) is 5.56 Å². The molecule has 3 heteroatoms. The minimum atomic E-state index is -0.474. The van der Waals surface area contributed by atoms with Gasteiger partial charge in [-0.05, 0) is 25.5 Å². The highest BCUT2D eigenvalue weighted by Gasteiger charge is 2.07. The van der Waals surface area contributed by atoms with Crippen molar-refractivity contribution in [3.8, 4) is 5.75 Å². The van der Waals surface area contributed by atoms with Gasteiger partial charge in [-0.25, -0.2) is 0 Å². The number of aryl methyl sites for hydroxylation is 2. The van der Waals surface area contributed by atoms with Crippen molar-refractivity contribution in [2.75, 3.05) is 13.2 Å². The van der Waals surface area contributed by atoms with Crippen LogP contribution in [0.25, 0.3) is 0 Å².